The van der Waals surface area contributed by atoms with Gasteiger partial charge in [-0.3, -0.25) is 9.80 Å². The van der Waals surface area contributed by atoms with E-state index in [1.807, 2.05) is 133 Å². The fourth-order valence-electron chi connectivity index (χ4n) is 6.31. The second-order valence-corrected chi connectivity index (χ2v) is 13.4. The molecule has 0 fully saturated rings. The maximum Gasteiger partial charge on any atom is 0.408 e. The summed E-state index contributed by atoms with van der Waals surface area (Å²) in [5, 5.41) is 32.0. The molecule has 3 N–H and O–H groups in total. The zero-order valence-electron chi connectivity index (χ0n) is 24.7. The van der Waals surface area contributed by atoms with E-state index >= 15 is 0 Å². The van der Waals surface area contributed by atoms with Gasteiger partial charge in [-0.05, 0) is 34.1 Å². The van der Waals surface area contributed by atoms with Crippen molar-refractivity contribution in [2.45, 2.75) is 70.0 Å². The van der Waals surface area contributed by atoms with Crippen LogP contribution in [0.4, 0.5) is 9.59 Å². The number of benzene rings is 3. The van der Waals surface area contributed by atoms with E-state index in [-0.39, 0.29) is 13.1 Å². The van der Waals surface area contributed by atoms with Crippen LogP contribution in [-0.2, 0) is 12.1 Å². The van der Waals surface area contributed by atoms with Crippen molar-refractivity contribution in [1.29, 1.82) is 0 Å². The molecule has 0 aromatic heterocycles. The summed E-state index contributed by atoms with van der Waals surface area (Å²) in [6.07, 6.45) is -3.75. The van der Waals surface area contributed by atoms with Gasteiger partial charge < -0.3 is 15.3 Å². The van der Waals surface area contributed by atoms with Gasteiger partial charge >= 0.3 is 12.2 Å². The maximum atomic E-state index is 13.2. The molecule has 8 heteroatoms. The van der Waals surface area contributed by atoms with Crippen LogP contribution in [0.1, 0.15) is 52.7 Å². The van der Waals surface area contributed by atoms with Crippen molar-refractivity contribution in [3.8, 4) is 0 Å². The van der Waals surface area contributed by atoms with Gasteiger partial charge in [0, 0.05) is 4.90 Å². The Morgan fingerprint density at radius 1 is 0.732 bits per heavy atom. The molecule has 2 atom stereocenters. The summed E-state index contributed by atoms with van der Waals surface area (Å²) in [7, 11) is 0. The second kappa shape index (κ2) is 13.0. The number of carbonyl (C=O) groups is 2. The number of carboxylic acid groups (broad SMARTS) is 2. The van der Waals surface area contributed by atoms with Gasteiger partial charge in [-0.25, -0.2) is 9.59 Å². The first-order chi connectivity index (χ1) is 19.2. The molecule has 0 saturated carbocycles. The van der Waals surface area contributed by atoms with Gasteiger partial charge in [-0.15, -0.1) is 0 Å². The summed E-state index contributed by atoms with van der Waals surface area (Å²) >= 11 is 1.20. The van der Waals surface area contributed by atoms with Crippen LogP contribution in [0.2, 0.25) is 0 Å². The highest BCUT2D eigenvalue weighted by atomic mass is 32.2. The molecule has 7 nitrogen and oxygen atoms in total. The molecule has 0 spiro atoms. The highest BCUT2D eigenvalue weighted by Crippen LogP contribution is 2.55. The van der Waals surface area contributed by atoms with E-state index in [0.29, 0.717) is 0 Å². The van der Waals surface area contributed by atoms with Gasteiger partial charge in [0.05, 0.1) is 18.6 Å². The lowest BCUT2D eigenvalue weighted by Gasteiger charge is -2.59. The first kappa shape index (κ1) is 32.0. The van der Waals surface area contributed by atoms with E-state index < -0.39 is 40.0 Å². The first-order valence-corrected chi connectivity index (χ1v) is 14.6. The van der Waals surface area contributed by atoms with Crippen molar-refractivity contribution in [3.63, 3.8) is 0 Å². The van der Waals surface area contributed by atoms with Crippen molar-refractivity contribution >= 4 is 23.9 Å². The molecule has 0 aliphatic rings. The van der Waals surface area contributed by atoms with Crippen LogP contribution in [0, 0.1) is 10.8 Å². The fraction of sp³-hybridized carbons (Fsp3) is 0.394. The van der Waals surface area contributed by atoms with Crippen molar-refractivity contribution in [2.24, 2.45) is 10.8 Å². The topological polar surface area (TPSA) is 101 Å². The van der Waals surface area contributed by atoms with E-state index in [4.69, 9.17) is 0 Å². The maximum absolute atomic E-state index is 13.2. The lowest BCUT2D eigenvalue weighted by atomic mass is 9.56. The molecule has 0 radical (unpaired) electrons. The number of aliphatic hydroxyl groups excluding tert-OH is 1. The Kier molecular flexibility index (Phi) is 10.2. The highest BCUT2D eigenvalue weighted by molar-refractivity contribution is 8.00. The van der Waals surface area contributed by atoms with Gasteiger partial charge in [0.25, 0.3) is 0 Å². The third-order valence-electron chi connectivity index (χ3n) is 7.45. The number of nitrogens with zero attached hydrogens (tertiary/aromatic N) is 2. The summed E-state index contributed by atoms with van der Waals surface area (Å²) in [6, 6.07) is 27.9. The van der Waals surface area contributed by atoms with Gasteiger partial charge in [0.1, 0.15) is 11.5 Å². The Balaban J connectivity index is 2.15. The van der Waals surface area contributed by atoms with E-state index in [1.54, 1.807) is 0 Å². The van der Waals surface area contributed by atoms with Crippen molar-refractivity contribution in [1.82, 2.24) is 9.80 Å². The second-order valence-electron chi connectivity index (χ2n) is 12.3. The monoisotopic (exact) mass is 578 g/mol. The van der Waals surface area contributed by atoms with Gasteiger partial charge in [0.2, 0.25) is 0 Å². The molecule has 0 heterocycles. The molecule has 3 rings (SSSR count). The molecular formula is C33H42N2O5S. The smallest absolute Gasteiger partial charge is 0.408 e. The molecule has 0 bridgehead atoms. The Labute approximate surface area is 247 Å². The molecule has 0 aliphatic carbocycles. The van der Waals surface area contributed by atoms with E-state index in [2.05, 4.69) is 0 Å². The average molecular weight is 579 g/mol. The summed E-state index contributed by atoms with van der Waals surface area (Å²) in [5.74, 6) is 0. The molecule has 3 aromatic rings. The highest BCUT2D eigenvalue weighted by Gasteiger charge is 2.58. The lowest BCUT2D eigenvalue weighted by Crippen LogP contribution is -2.65. The lowest BCUT2D eigenvalue weighted by molar-refractivity contribution is -0.0953. The van der Waals surface area contributed by atoms with Crippen molar-refractivity contribution in [2.75, 3.05) is 6.54 Å². The normalized spacial score (nSPS) is 13.7. The number of hydrogen-bond acceptors (Lipinski definition) is 4. The third kappa shape index (κ3) is 7.05. The zero-order valence-corrected chi connectivity index (χ0v) is 25.5. The first-order valence-electron chi connectivity index (χ1n) is 13.7. The molecular weight excluding hydrogens is 536 g/mol. The minimum atomic E-state index is -1.36. The van der Waals surface area contributed by atoms with Crippen LogP contribution in [-0.4, -0.2) is 55.3 Å². The summed E-state index contributed by atoms with van der Waals surface area (Å²) < 4.78 is 0. The molecule has 0 saturated heterocycles. The van der Waals surface area contributed by atoms with Gasteiger partial charge in [-0.2, -0.15) is 0 Å². The summed E-state index contributed by atoms with van der Waals surface area (Å²) in [5.41, 5.74) is -0.726. The van der Waals surface area contributed by atoms with E-state index in [9.17, 15) is 24.9 Å². The van der Waals surface area contributed by atoms with Gasteiger partial charge in [0.15, 0.2) is 0 Å². The summed E-state index contributed by atoms with van der Waals surface area (Å²) in [6.45, 7) is 11.7. The predicted octanol–water partition coefficient (Wildman–Crippen LogP) is 7.61. The number of rotatable bonds is 10. The quantitative estimate of drug-likeness (QED) is 0.169. The Hall–Kier alpha value is -3.49. The number of aliphatic hydroxyl groups is 1. The minimum absolute atomic E-state index is 0.0349. The van der Waals surface area contributed by atoms with Gasteiger partial charge in [-0.1, -0.05) is 132 Å². The van der Waals surface area contributed by atoms with E-state index in [1.165, 1.54) is 21.6 Å². The van der Waals surface area contributed by atoms with Crippen LogP contribution in [0.25, 0.3) is 0 Å². The molecule has 2 unspecified atom stereocenters. The molecule has 0 aliphatic heterocycles. The van der Waals surface area contributed by atoms with Crippen molar-refractivity contribution < 1.29 is 24.9 Å². The number of hydrogen-bond donors (Lipinski definition) is 3. The molecule has 3 aromatic carbocycles. The average Bonchev–Trinajstić information content (AvgIpc) is 2.90. The molecule has 2 amide bonds. The summed E-state index contributed by atoms with van der Waals surface area (Å²) in [4.78, 5) is 29.2. The van der Waals surface area contributed by atoms with E-state index in [0.717, 1.165) is 16.0 Å². The largest absolute Gasteiger partial charge is 0.465 e. The Morgan fingerprint density at radius 2 is 1.20 bits per heavy atom. The van der Waals surface area contributed by atoms with Crippen LogP contribution in [0.3, 0.4) is 0 Å². The Bertz CT molecular complexity index is 1260. The SMILES string of the molecule is CC(C)(C)C(c1ccccc1)(N(CC(O)C(Sc1ccccc1)N(Cc1ccccc1)C(=O)O)C(=O)O)C(C)(C)C. The fourth-order valence-corrected chi connectivity index (χ4v) is 7.43. The van der Waals surface area contributed by atoms with Crippen LogP contribution in [0.5, 0.6) is 0 Å². The molecule has 220 valence electrons. The minimum Gasteiger partial charge on any atom is -0.465 e. The number of amides is 2. The van der Waals surface area contributed by atoms with Crippen LogP contribution in [0.15, 0.2) is 95.9 Å². The Morgan fingerprint density at radius 3 is 1.63 bits per heavy atom. The molecule has 41 heavy (non-hydrogen) atoms. The number of thioether (sulfide) groups is 1. The predicted molar refractivity (Wildman–Crippen MR) is 164 cm³/mol. The van der Waals surface area contributed by atoms with Crippen LogP contribution >= 0.6 is 11.8 Å². The van der Waals surface area contributed by atoms with Crippen molar-refractivity contribution in [3.05, 3.63) is 102 Å². The third-order valence-corrected chi connectivity index (χ3v) is 8.80. The zero-order chi connectivity index (χ0) is 30.4. The van der Waals surface area contributed by atoms with Crippen LogP contribution < -0.4 is 0 Å². The standard InChI is InChI=1S/C33H42N2O5S/c1-31(2,3)33(32(4,5)6,25-18-12-8-13-19-25)35(30(39)40)23-27(36)28(41-26-20-14-9-15-21-26)34(29(37)38)22-24-16-10-7-11-17-24/h7-21,27-28,36H,22-23H2,1-6H3,(H,37,38)(H,39,40).